The van der Waals surface area contributed by atoms with Crippen LogP contribution in [-0.4, -0.2) is 40.1 Å². The zero-order chi connectivity index (χ0) is 23.9. The van der Waals surface area contributed by atoms with E-state index >= 15 is 0 Å². The van der Waals surface area contributed by atoms with E-state index in [1.54, 1.807) is 30.2 Å². The van der Waals surface area contributed by atoms with Gasteiger partial charge in [0.2, 0.25) is 0 Å². The van der Waals surface area contributed by atoms with Gasteiger partial charge in [0.25, 0.3) is 10.0 Å². The summed E-state index contributed by atoms with van der Waals surface area (Å²) in [7, 11) is -0.789. The van der Waals surface area contributed by atoms with Crippen LogP contribution in [0.5, 0.6) is 5.75 Å². The molecule has 3 aromatic heterocycles. The summed E-state index contributed by atoms with van der Waals surface area (Å²) in [6.07, 6.45) is 9.57. The molecule has 0 atom stereocenters. The lowest BCUT2D eigenvalue weighted by Crippen LogP contribution is -2.19. The van der Waals surface area contributed by atoms with Gasteiger partial charge < -0.3 is 4.74 Å². The first kappa shape index (κ1) is 21.9. The zero-order valence-corrected chi connectivity index (χ0v) is 19.6. The summed E-state index contributed by atoms with van der Waals surface area (Å²) in [5, 5.41) is 19.0. The van der Waals surface area contributed by atoms with Gasteiger partial charge in [0.1, 0.15) is 16.3 Å². The number of nitrogens with zero attached hydrogens (tertiary/aromatic N) is 6. The third-order valence-electron chi connectivity index (χ3n) is 6.39. The van der Waals surface area contributed by atoms with Gasteiger partial charge in [-0.1, -0.05) is 12.8 Å². The summed E-state index contributed by atoms with van der Waals surface area (Å²) >= 11 is 0. The van der Waals surface area contributed by atoms with Crippen LogP contribution in [-0.2, 0) is 22.5 Å². The van der Waals surface area contributed by atoms with E-state index in [4.69, 9.17) is 4.74 Å². The Morgan fingerprint density at radius 2 is 1.97 bits per heavy atom. The number of anilines is 1. The number of rotatable bonds is 6. The van der Waals surface area contributed by atoms with Crippen molar-refractivity contribution in [3.05, 3.63) is 54.6 Å². The number of ether oxygens (including phenoxy) is 1. The van der Waals surface area contributed by atoms with Gasteiger partial charge in [-0.3, -0.25) is 9.40 Å². The van der Waals surface area contributed by atoms with Gasteiger partial charge in [0.05, 0.1) is 42.7 Å². The molecule has 10 nitrogen and oxygen atoms in total. The summed E-state index contributed by atoms with van der Waals surface area (Å²) in [6.45, 7) is 0. The van der Waals surface area contributed by atoms with E-state index in [1.165, 1.54) is 24.2 Å². The number of nitriles is 1. The van der Waals surface area contributed by atoms with E-state index < -0.39 is 15.4 Å². The fraction of sp³-hybridized carbons (Fsp3) is 0.304. The van der Waals surface area contributed by atoms with Crippen molar-refractivity contribution in [2.75, 3.05) is 11.8 Å². The zero-order valence-electron chi connectivity index (χ0n) is 18.8. The number of sulfonamides is 1. The standard InChI is InChI=1S/C23H23N7O3S/c1-29-22-16(12-26-29)5-6-19(33-2)21(22)28-34(31,32)18-13-27-30(14-18)20-11-17(7-10-25-20)23(15-24)8-3-4-9-23/h5-7,10-14,28H,3-4,8-9H2,1-2H3. The molecule has 1 aliphatic carbocycles. The van der Waals surface area contributed by atoms with Crippen LogP contribution < -0.4 is 9.46 Å². The van der Waals surface area contributed by atoms with Crippen molar-refractivity contribution in [3.8, 4) is 17.6 Å². The van der Waals surface area contributed by atoms with Gasteiger partial charge in [0.15, 0.2) is 5.82 Å². The molecule has 1 N–H and O–H groups in total. The number of hydrogen-bond donors (Lipinski definition) is 1. The fourth-order valence-electron chi connectivity index (χ4n) is 4.57. The third kappa shape index (κ3) is 3.56. The second-order valence-corrected chi connectivity index (χ2v) is 10.1. The minimum Gasteiger partial charge on any atom is -0.494 e. The molecule has 11 heteroatoms. The third-order valence-corrected chi connectivity index (χ3v) is 7.70. The maximum Gasteiger partial charge on any atom is 0.265 e. The normalized spacial score (nSPS) is 15.3. The molecule has 4 aromatic rings. The summed E-state index contributed by atoms with van der Waals surface area (Å²) in [5.41, 5.74) is 1.25. The van der Waals surface area contributed by atoms with Crippen molar-refractivity contribution in [2.45, 2.75) is 36.0 Å². The molecular weight excluding hydrogens is 454 g/mol. The van der Waals surface area contributed by atoms with Crippen molar-refractivity contribution in [1.82, 2.24) is 24.5 Å². The highest BCUT2D eigenvalue weighted by atomic mass is 32.2. The Balaban J connectivity index is 1.49. The molecule has 174 valence electrons. The topological polar surface area (TPSA) is 128 Å². The molecule has 1 saturated carbocycles. The number of methoxy groups -OCH3 is 1. The number of fused-ring (bicyclic) bond motifs is 1. The maximum atomic E-state index is 13.3. The molecule has 0 spiro atoms. The number of hydrogen-bond acceptors (Lipinski definition) is 7. The molecule has 0 radical (unpaired) electrons. The Morgan fingerprint density at radius 1 is 1.18 bits per heavy atom. The van der Waals surface area contributed by atoms with Crippen LogP contribution in [0.3, 0.4) is 0 Å². The van der Waals surface area contributed by atoms with Gasteiger partial charge in [-0.15, -0.1) is 0 Å². The Morgan fingerprint density at radius 3 is 2.71 bits per heavy atom. The van der Waals surface area contributed by atoms with E-state index in [1.807, 2.05) is 18.2 Å². The number of aryl methyl sites for hydroxylation is 1. The molecule has 1 aromatic carbocycles. The first-order valence-corrected chi connectivity index (χ1v) is 12.3. The smallest absolute Gasteiger partial charge is 0.265 e. The molecule has 0 saturated heterocycles. The molecule has 0 unspecified atom stereocenters. The van der Waals surface area contributed by atoms with Crippen LogP contribution in [0.25, 0.3) is 16.7 Å². The highest BCUT2D eigenvalue weighted by molar-refractivity contribution is 7.92. The highest BCUT2D eigenvalue weighted by Crippen LogP contribution is 2.40. The van der Waals surface area contributed by atoms with E-state index in [2.05, 4.69) is 26.0 Å². The SMILES string of the molecule is COc1ccc2cnn(C)c2c1NS(=O)(=O)c1cnn(-c2cc(C3(C#N)CCCC3)ccn2)c1. The van der Waals surface area contributed by atoms with Crippen molar-refractivity contribution >= 4 is 26.6 Å². The highest BCUT2D eigenvalue weighted by Gasteiger charge is 2.36. The maximum absolute atomic E-state index is 13.3. The van der Waals surface area contributed by atoms with Gasteiger partial charge in [-0.2, -0.15) is 15.5 Å². The predicted molar refractivity (Wildman–Crippen MR) is 125 cm³/mol. The molecule has 34 heavy (non-hydrogen) atoms. The second kappa shape index (κ2) is 8.14. The van der Waals surface area contributed by atoms with Crippen LogP contribution in [0.4, 0.5) is 5.69 Å². The van der Waals surface area contributed by atoms with Crippen LogP contribution in [0.1, 0.15) is 31.2 Å². The Hall–Kier alpha value is -3.91. The van der Waals surface area contributed by atoms with Crippen LogP contribution in [0.15, 0.2) is 53.9 Å². The molecule has 1 aliphatic rings. The van der Waals surface area contributed by atoms with Crippen molar-refractivity contribution < 1.29 is 13.2 Å². The van der Waals surface area contributed by atoms with Gasteiger partial charge >= 0.3 is 0 Å². The summed E-state index contributed by atoms with van der Waals surface area (Å²) in [5.74, 6) is 0.826. The lowest BCUT2D eigenvalue weighted by molar-refractivity contribution is 0.417. The summed E-state index contributed by atoms with van der Waals surface area (Å²) in [6, 6.07) is 9.64. The largest absolute Gasteiger partial charge is 0.494 e. The van der Waals surface area contributed by atoms with Crippen LogP contribution in [0, 0.1) is 11.3 Å². The number of aromatic nitrogens is 5. The quantitative estimate of drug-likeness (QED) is 0.451. The lowest BCUT2D eigenvalue weighted by Gasteiger charge is -2.20. The van der Waals surface area contributed by atoms with Crippen molar-refractivity contribution in [2.24, 2.45) is 7.05 Å². The predicted octanol–water partition coefficient (Wildman–Crippen LogP) is 3.30. The molecule has 0 bridgehead atoms. The van der Waals surface area contributed by atoms with Gasteiger partial charge in [0, 0.05) is 18.6 Å². The fourth-order valence-corrected chi connectivity index (χ4v) is 5.57. The molecule has 0 amide bonds. The molecule has 3 heterocycles. The van der Waals surface area contributed by atoms with Crippen LogP contribution >= 0.6 is 0 Å². The number of benzene rings is 1. The van der Waals surface area contributed by atoms with E-state index in [9.17, 15) is 13.7 Å². The summed E-state index contributed by atoms with van der Waals surface area (Å²) in [4.78, 5) is 4.31. The Labute approximate surface area is 196 Å². The first-order valence-electron chi connectivity index (χ1n) is 10.8. The Bertz CT molecular complexity index is 1530. The second-order valence-electron chi connectivity index (χ2n) is 8.38. The monoisotopic (exact) mass is 477 g/mol. The minimum atomic E-state index is -4.00. The average Bonchev–Trinajstić information content (AvgIpc) is 3.60. The molecule has 5 rings (SSSR count). The number of nitrogens with one attached hydrogen (secondary N) is 1. The number of pyridine rings is 1. The average molecular weight is 478 g/mol. The minimum absolute atomic E-state index is 0.0307. The van der Waals surface area contributed by atoms with Gasteiger partial charge in [-0.05, 0) is 42.7 Å². The van der Waals surface area contributed by atoms with Crippen molar-refractivity contribution in [1.29, 1.82) is 5.26 Å². The lowest BCUT2D eigenvalue weighted by atomic mass is 9.81. The molecular formula is C23H23N7O3S. The van der Waals surface area contributed by atoms with E-state index in [0.29, 0.717) is 22.8 Å². The molecule has 0 aliphatic heterocycles. The van der Waals surface area contributed by atoms with E-state index in [0.717, 1.165) is 36.6 Å². The Kier molecular flexibility index (Phi) is 5.25. The summed E-state index contributed by atoms with van der Waals surface area (Å²) < 4.78 is 37.5. The van der Waals surface area contributed by atoms with Crippen molar-refractivity contribution in [3.63, 3.8) is 0 Å². The first-order chi connectivity index (χ1) is 16.4. The molecule has 1 fully saturated rings. The van der Waals surface area contributed by atoms with Gasteiger partial charge in [-0.25, -0.2) is 18.1 Å². The van der Waals surface area contributed by atoms with Crippen LogP contribution in [0.2, 0.25) is 0 Å². The van der Waals surface area contributed by atoms with E-state index in [-0.39, 0.29) is 4.90 Å².